The fourth-order valence-corrected chi connectivity index (χ4v) is 3.47. The molecular weight excluding hydrogens is 386 g/mol. The third kappa shape index (κ3) is 4.37. The third-order valence-electron chi connectivity index (χ3n) is 4.99. The van der Waals surface area contributed by atoms with Crippen molar-refractivity contribution in [3.63, 3.8) is 0 Å². The van der Waals surface area contributed by atoms with Crippen LogP contribution in [0.5, 0.6) is 5.75 Å². The van der Waals surface area contributed by atoms with Gasteiger partial charge in [0.05, 0.1) is 38.5 Å². The quantitative estimate of drug-likeness (QED) is 0.300. The standard InChI is InChI=1S/C23H25NO6/c1-15-6-8-16(9-7-15)21(26)19-20(17-4-3-5-18(14-17)29-2)24(23(28)22(19)27)10-12-30-13-11-25/h3-9,14,20,25-26H,10-13H2,1-2H3. The number of rotatable bonds is 8. The molecule has 1 unspecified atom stereocenters. The number of hydrogen-bond donors (Lipinski definition) is 2. The van der Waals surface area contributed by atoms with Gasteiger partial charge in [0.1, 0.15) is 11.5 Å². The number of Topliss-reactive ketones (excluding diaryl/α,β-unsaturated/α-hetero) is 1. The van der Waals surface area contributed by atoms with Crippen molar-refractivity contribution in [2.24, 2.45) is 0 Å². The molecule has 0 spiro atoms. The molecule has 3 rings (SSSR count). The van der Waals surface area contributed by atoms with E-state index in [1.165, 1.54) is 12.0 Å². The lowest BCUT2D eigenvalue weighted by atomic mass is 9.95. The molecule has 1 aliphatic heterocycles. The van der Waals surface area contributed by atoms with Gasteiger partial charge < -0.3 is 24.6 Å². The maximum Gasteiger partial charge on any atom is 0.295 e. The smallest absolute Gasteiger partial charge is 0.295 e. The minimum atomic E-state index is -0.779. The van der Waals surface area contributed by atoms with Crippen LogP contribution in [0.2, 0.25) is 0 Å². The summed E-state index contributed by atoms with van der Waals surface area (Å²) >= 11 is 0. The van der Waals surface area contributed by atoms with E-state index >= 15 is 0 Å². The number of carbonyl (C=O) groups is 2. The first kappa shape index (κ1) is 21.5. The summed E-state index contributed by atoms with van der Waals surface area (Å²) in [5.74, 6) is -1.10. The van der Waals surface area contributed by atoms with Gasteiger partial charge in [-0.2, -0.15) is 0 Å². The number of carbonyl (C=O) groups excluding carboxylic acids is 2. The Morgan fingerprint density at radius 1 is 1.10 bits per heavy atom. The van der Waals surface area contributed by atoms with Crippen molar-refractivity contribution < 1.29 is 29.3 Å². The summed E-state index contributed by atoms with van der Waals surface area (Å²) in [5.41, 5.74) is 2.14. The summed E-state index contributed by atoms with van der Waals surface area (Å²) in [6.45, 7) is 2.21. The maximum absolute atomic E-state index is 12.9. The maximum atomic E-state index is 12.9. The first-order valence-electron chi connectivity index (χ1n) is 9.66. The molecule has 0 radical (unpaired) electrons. The number of ether oxygens (including phenoxy) is 2. The average molecular weight is 411 g/mol. The SMILES string of the molecule is COc1cccc(C2C(=C(O)c3ccc(C)cc3)C(=O)C(=O)N2CCOCCO)c1. The molecule has 7 nitrogen and oxygen atoms in total. The van der Waals surface area contributed by atoms with Crippen molar-refractivity contribution in [1.29, 1.82) is 0 Å². The number of hydrogen-bond acceptors (Lipinski definition) is 6. The van der Waals surface area contributed by atoms with E-state index in [-0.39, 0.29) is 37.7 Å². The van der Waals surface area contributed by atoms with Crippen LogP contribution in [0.4, 0.5) is 0 Å². The van der Waals surface area contributed by atoms with Crippen LogP contribution in [0.3, 0.4) is 0 Å². The molecule has 0 aromatic heterocycles. The molecule has 0 bridgehead atoms. The predicted octanol–water partition coefficient (Wildman–Crippen LogP) is 2.43. The Bertz CT molecular complexity index is 950. The van der Waals surface area contributed by atoms with E-state index in [4.69, 9.17) is 14.6 Å². The summed E-state index contributed by atoms with van der Waals surface area (Å²) in [4.78, 5) is 27.1. The summed E-state index contributed by atoms with van der Waals surface area (Å²) in [6, 6.07) is 13.4. The average Bonchev–Trinajstić information content (AvgIpc) is 3.01. The summed E-state index contributed by atoms with van der Waals surface area (Å²) in [7, 11) is 1.53. The zero-order chi connectivity index (χ0) is 21.7. The van der Waals surface area contributed by atoms with E-state index in [1.807, 2.05) is 19.1 Å². The molecule has 1 atom stereocenters. The van der Waals surface area contributed by atoms with E-state index in [2.05, 4.69) is 0 Å². The molecule has 2 aromatic rings. The Kier molecular flexibility index (Phi) is 6.87. The summed E-state index contributed by atoms with van der Waals surface area (Å²) < 4.78 is 10.6. The van der Waals surface area contributed by atoms with Gasteiger partial charge >= 0.3 is 0 Å². The number of methoxy groups -OCH3 is 1. The highest BCUT2D eigenvalue weighted by Gasteiger charge is 2.46. The Balaban J connectivity index is 2.08. The van der Waals surface area contributed by atoms with Gasteiger partial charge in [-0.3, -0.25) is 9.59 Å². The minimum Gasteiger partial charge on any atom is -0.507 e. The van der Waals surface area contributed by atoms with Crippen molar-refractivity contribution in [2.45, 2.75) is 13.0 Å². The third-order valence-corrected chi connectivity index (χ3v) is 4.99. The molecule has 2 N–H and O–H groups in total. The molecular formula is C23H25NO6. The first-order valence-corrected chi connectivity index (χ1v) is 9.66. The predicted molar refractivity (Wildman–Crippen MR) is 111 cm³/mol. The number of nitrogens with zero attached hydrogens (tertiary/aromatic N) is 1. The summed E-state index contributed by atoms with van der Waals surface area (Å²) in [5, 5.41) is 19.9. The fraction of sp³-hybridized carbons (Fsp3) is 0.304. The largest absolute Gasteiger partial charge is 0.507 e. The van der Waals surface area contributed by atoms with Gasteiger partial charge in [0.15, 0.2) is 0 Å². The van der Waals surface area contributed by atoms with Gasteiger partial charge in [0.2, 0.25) is 0 Å². The van der Waals surface area contributed by atoms with Crippen molar-refractivity contribution in [1.82, 2.24) is 4.90 Å². The monoisotopic (exact) mass is 411 g/mol. The van der Waals surface area contributed by atoms with Crippen LogP contribution in [0.1, 0.15) is 22.7 Å². The van der Waals surface area contributed by atoms with Gasteiger partial charge in [-0.15, -0.1) is 0 Å². The number of benzene rings is 2. The van der Waals surface area contributed by atoms with Crippen LogP contribution in [0.15, 0.2) is 54.1 Å². The molecule has 1 aliphatic rings. The number of aryl methyl sites for hydroxylation is 1. The molecule has 1 heterocycles. The van der Waals surface area contributed by atoms with E-state index < -0.39 is 17.7 Å². The Morgan fingerprint density at radius 3 is 2.50 bits per heavy atom. The van der Waals surface area contributed by atoms with Crippen LogP contribution in [0, 0.1) is 6.92 Å². The van der Waals surface area contributed by atoms with Gasteiger partial charge in [-0.05, 0) is 24.6 Å². The first-order chi connectivity index (χ1) is 14.5. The molecule has 0 aliphatic carbocycles. The molecule has 158 valence electrons. The fourth-order valence-electron chi connectivity index (χ4n) is 3.47. The Morgan fingerprint density at radius 2 is 1.83 bits per heavy atom. The number of amides is 1. The van der Waals surface area contributed by atoms with Gasteiger partial charge in [0, 0.05) is 12.1 Å². The van der Waals surface area contributed by atoms with Crippen molar-refractivity contribution in [2.75, 3.05) is 33.5 Å². The second-order valence-electron chi connectivity index (χ2n) is 6.97. The van der Waals surface area contributed by atoms with Crippen LogP contribution < -0.4 is 4.74 Å². The lowest BCUT2D eigenvalue weighted by Gasteiger charge is -2.25. The lowest BCUT2D eigenvalue weighted by Crippen LogP contribution is -2.33. The molecule has 0 saturated carbocycles. The van der Waals surface area contributed by atoms with Crippen LogP contribution >= 0.6 is 0 Å². The van der Waals surface area contributed by atoms with E-state index in [0.29, 0.717) is 16.9 Å². The molecule has 1 fully saturated rings. The number of likely N-dealkylation sites (tertiary alicyclic amines) is 1. The molecule has 30 heavy (non-hydrogen) atoms. The zero-order valence-corrected chi connectivity index (χ0v) is 17.0. The van der Waals surface area contributed by atoms with E-state index in [0.717, 1.165) is 5.56 Å². The molecule has 7 heteroatoms. The zero-order valence-electron chi connectivity index (χ0n) is 17.0. The Labute approximate surface area is 175 Å². The van der Waals surface area contributed by atoms with Crippen LogP contribution in [-0.2, 0) is 14.3 Å². The number of ketones is 1. The second-order valence-corrected chi connectivity index (χ2v) is 6.97. The van der Waals surface area contributed by atoms with Gasteiger partial charge in [-0.25, -0.2) is 0 Å². The number of aliphatic hydroxyl groups excluding tert-OH is 2. The minimum absolute atomic E-state index is 0.0271. The van der Waals surface area contributed by atoms with Crippen LogP contribution in [-0.4, -0.2) is 60.3 Å². The molecule has 1 amide bonds. The number of aliphatic hydroxyl groups is 2. The van der Waals surface area contributed by atoms with Crippen molar-refractivity contribution in [3.8, 4) is 5.75 Å². The molecule has 1 saturated heterocycles. The van der Waals surface area contributed by atoms with E-state index in [9.17, 15) is 14.7 Å². The lowest BCUT2D eigenvalue weighted by molar-refractivity contribution is -0.140. The van der Waals surface area contributed by atoms with Crippen molar-refractivity contribution in [3.05, 3.63) is 70.8 Å². The highest BCUT2D eigenvalue weighted by molar-refractivity contribution is 6.46. The van der Waals surface area contributed by atoms with Gasteiger partial charge in [0.25, 0.3) is 11.7 Å². The van der Waals surface area contributed by atoms with Gasteiger partial charge in [-0.1, -0.05) is 42.0 Å². The second kappa shape index (κ2) is 9.56. The van der Waals surface area contributed by atoms with Crippen LogP contribution in [0.25, 0.3) is 5.76 Å². The highest BCUT2D eigenvalue weighted by Crippen LogP contribution is 2.40. The highest BCUT2D eigenvalue weighted by atomic mass is 16.5. The Hall–Kier alpha value is -3.16. The summed E-state index contributed by atoms with van der Waals surface area (Å²) in [6.07, 6.45) is 0. The normalized spacial score (nSPS) is 18.1. The van der Waals surface area contributed by atoms with E-state index in [1.54, 1.807) is 36.4 Å². The van der Waals surface area contributed by atoms with Crippen molar-refractivity contribution >= 4 is 17.4 Å². The topological polar surface area (TPSA) is 96.3 Å². The molecule has 2 aromatic carbocycles.